The van der Waals surface area contributed by atoms with Crippen molar-refractivity contribution in [2.75, 3.05) is 6.79 Å². The quantitative estimate of drug-likeness (QED) is 0.924. The van der Waals surface area contributed by atoms with E-state index in [1.165, 1.54) is 6.07 Å². The maximum absolute atomic E-state index is 13.7. The fourth-order valence-electron chi connectivity index (χ4n) is 2.33. The Balaban J connectivity index is 1.71. The molecule has 1 N–H and O–H groups in total. The molecule has 21 heavy (non-hydrogen) atoms. The van der Waals surface area contributed by atoms with Crippen LogP contribution in [0.1, 0.15) is 24.1 Å². The average molecular weight is 308 g/mol. The van der Waals surface area contributed by atoms with Crippen LogP contribution >= 0.6 is 11.6 Å². The molecule has 0 amide bonds. The van der Waals surface area contributed by atoms with Gasteiger partial charge in [-0.2, -0.15) is 0 Å². The molecule has 0 aromatic heterocycles. The van der Waals surface area contributed by atoms with E-state index in [0.29, 0.717) is 28.6 Å². The third kappa shape index (κ3) is 2.96. The molecule has 1 atom stereocenters. The lowest BCUT2D eigenvalue weighted by Gasteiger charge is -2.15. The topological polar surface area (TPSA) is 30.5 Å². The SMILES string of the molecule is CC(NCc1cc(Cl)c2c(c1)OCO2)c1ccccc1F. The van der Waals surface area contributed by atoms with Crippen LogP contribution in [0.3, 0.4) is 0 Å². The summed E-state index contributed by atoms with van der Waals surface area (Å²) in [5.74, 6) is 1.03. The first kappa shape index (κ1) is 14.2. The molecule has 5 heteroatoms. The molecule has 0 saturated carbocycles. The number of fused-ring (bicyclic) bond motifs is 1. The number of hydrogen-bond donors (Lipinski definition) is 1. The lowest BCUT2D eigenvalue weighted by molar-refractivity contribution is 0.174. The van der Waals surface area contributed by atoms with Gasteiger partial charge < -0.3 is 14.8 Å². The Labute approximate surface area is 127 Å². The van der Waals surface area contributed by atoms with E-state index in [2.05, 4.69) is 5.32 Å². The second-order valence-corrected chi connectivity index (χ2v) is 5.34. The summed E-state index contributed by atoms with van der Waals surface area (Å²) in [4.78, 5) is 0. The molecule has 1 unspecified atom stereocenters. The van der Waals surface area contributed by atoms with Crippen LogP contribution < -0.4 is 14.8 Å². The van der Waals surface area contributed by atoms with E-state index in [4.69, 9.17) is 21.1 Å². The van der Waals surface area contributed by atoms with E-state index in [0.717, 1.165) is 5.56 Å². The van der Waals surface area contributed by atoms with Gasteiger partial charge in [-0.05, 0) is 30.7 Å². The van der Waals surface area contributed by atoms with Crippen LogP contribution in [-0.2, 0) is 6.54 Å². The van der Waals surface area contributed by atoms with E-state index in [1.54, 1.807) is 12.1 Å². The summed E-state index contributed by atoms with van der Waals surface area (Å²) in [5, 5.41) is 3.81. The molecular weight excluding hydrogens is 293 g/mol. The van der Waals surface area contributed by atoms with Crippen molar-refractivity contribution in [3.05, 3.63) is 58.4 Å². The number of benzene rings is 2. The average Bonchev–Trinajstić information content (AvgIpc) is 2.94. The second-order valence-electron chi connectivity index (χ2n) is 4.94. The van der Waals surface area contributed by atoms with E-state index in [-0.39, 0.29) is 18.7 Å². The molecule has 0 saturated heterocycles. The highest BCUT2D eigenvalue weighted by atomic mass is 35.5. The smallest absolute Gasteiger partial charge is 0.231 e. The van der Waals surface area contributed by atoms with E-state index in [1.807, 2.05) is 25.1 Å². The predicted molar refractivity (Wildman–Crippen MR) is 79.2 cm³/mol. The first-order valence-electron chi connectivity index (χ1n) is 6.71. The zero-order valence-corrected chi connectivity index (χ0v) is 12.3. The maximum Gasteiger partial charge on any atom is 0.231 e. The van der Waals surface area contributed by atoms with Gasteiger partial charge in [-0.25, -0.2) is 4.39 Å². The lowest BCUT2D eigenvalue weighted by atomic mass is 10.1. The molecule has 2 aromatic carbocycles. The molecule has 1 aliphatic rings. The summed E-state index contributed by atoms with van der Waals surface area (Å²) in [6.07, 6.45) is 0. The Morgan fingerprint density at radius 1 is 1.29 bits per heavy atom. The summed E-state index contributed by atoms with van der Waals surface area (Å²) in [7, 11) is 0. The third-order valence-corrected chi connectivity index (χ3v) is 3.75. The molecule has 3 nitrogen and oxygen atoms in total. The van der Waals surface area contributed by atoms with E-state index in [9.17, 15) is 4.39 Å². The van der Waals surface area contributed by atoms with Crippen molar-refractivity contribution >= 4 is 11.6 Å². The minimum atomic E-state index is -0.207. The first-order chi connectivity index (χ1) is 10.1. The Morgan fingerprint density at radius 3 is 2.90 bits per heavy atom. The monoisotopic (exact) mass is 307 g/mol. The highest BCUT2D eigenvalue weighted by Crippen LogP contribution is 2.39. The van der Waals surface area contributed by atoms with Gasteiger partial charge in [-0.1, -0.05) is 29.8 Å². The van der Waals surface area contributed by atoms with Crippen molar-refractivity contribution in [2.24, 2.45) is 0 Å². The second kappa shape index (κ2) is 5.92. The third-order valence-electron chi connectivity index (χ3n) is 3.47. The van der Waals surface area contributed by atoms with Crippen LogP contribution in [0.5, 0.6) is 11.5 Å². The Bertz CT molecular complexity index is 663. The number of ether oxygens (including phenoxy) is 2. The van der Waals surface area contributed by atoms with Crippen molar-refractivity contribution < 1.29 is 13.9 Å². The largest absolute Gasteiger partial charge is 0.454 e. The van der Waals surface area contributed by atoms with Crippen LogP contribution in [0, 0.1) is 5.82 Å². The molecule has 0 bridgehead atoms. The minimum absolute atomic E-state index is 0.101. The van der Waals surface area contributed by atoms with E-state index < -0.39 is 0 Å². The summed E-state index contributed by atoms with van der Waals surface area (Å²) >= 11 is 6.14. The van der Waals surface area contributed by atoms with Gasteiger partial charge in [0.1, 0.15) is 5.82 Å². The van der Waals surface area contributed by atoms with Gasteiger partial charge in [-0.3, -0.25) is 0 Å². The molecule has 0 spiro atoms. The predicted octanol–water partition coefficient (Wildman–Crippen LogP) is 4.06. The summed E-state index contributed by atoms with van der Waals surface area (Å²) in [6, 6.07) is 10.4. The Hall–Kier alpha value is -1.78. The van der Waals surface area contributed by atoms with Gasteiger partial charge >= 0.3 is 0 Å². The molecule has 1 heterocycles. The summed E-state index contributed by atoms with van der Waals surface area (Å²) in [6.45, 7) is 2.68. The normalized spacial score (nSPS) is 14.2. The fraction of sp³-hybridized carbons (Fsp3) is 0.250. The highest BCUT2D eigenvalue weighted by molar-refractivity contribution is 6.32. The summed E-state index contributed by atoms with van der Waals surface area (Å²) in [5.41, 5.74) is 1.61. The van der Waals surface area contributed by atoms with Gasteiger partial charge in [0.25, 0.3) is 0 Å². The minimum Gasteiger partial charge on any atom is -0.454 e. The van der Waals surface area contributed by atoms with Gasteiger partial charge in [0.05, 0.1) is 5.02 Å². The van der Waals surface area contributed by atoms with Crippen LogP contribution in [0.2, 0.25) is 5.02 Å². The Kier molecular flexibility index (Phi) is 3.99. The zero-order valence-electron chi connectivity index (χ0n) is 11.5. The van der Waals surface area contributed by atoms with E-state index >= 15 is 0 Å². The van der Waals surface area contributed by atoms with Gasteiger partial charge in [-0.15, -0.1) is 0 Å². The van der Waals surface area contributed by atoms with Crippen molar-refractivity contribution in [3.63, 3.8) is 0 Å². The van der Waals surface area contributed by atoms with Crippen LogP contribution in [0.4, 0.5) is 4.39 Å². The lowest BCUT2D eigenvalue weighted by Crippen LogP contribution is -2.19. The maximum atomic E-state index is 13.7. The number of hydrogen-bond acceptors (Lipinski definition) is 3. The number of rotatable bonds is 4. The molecule has 110 valence electrons. The molecule has 1 aliphatic heterocycles. The molecule has 0 radical (unpaired) electrons. The van der Waals surface area contributed by atoms with Crippen molar-refractivity contribution in [1.82, 2.24) is 5.32 Å². The first-order valence-corrected chi connectivity index (χ1v) is 7.09. The molecule has 3 rings (SSSR count). The molecule has 2 aromatic rings. The standard InChI is InChI=1S/C16H15ClFNO2/c1-10(12-4-2-3-5-14(12)18)19-8-11-6-13(17)16-15(7-11)20-9-21-16/h2-7,10,19H,8-9H2,1H3. The van der Waals surface area contributed by atoms with Gasteiger partial charge in [0.2, 0.25) is 6.79 Å². The molecule has 0 fully saturated rings. The summed E-state index contributed by atoms with van der Waals surface area (Å²) < 4.78 is 24.3. The van der Waals surface area contributed by atoms with Crippen LogP contribution in [-0.4, -0.2) is 6.79 Å². The van der Waals surface area contributed by atoms with Crippen molar-refractivity contribution in [2.45, 2.75) is 19.5 Å². The number of halogens is 2. The zero-order chi connectivity index (χ0) is 14.8. The van der Waals surface area contributed by atoms with Crippen molar-refractivity contribution in [1.29, 1.82) is 0 Å². The molecular formula is C16H15ClFNO2. The fourth-order valence-corrected chi connectivity index (χ4v) is 2.62. The van der Waals surface area contributed by atoms with Crippen LogP contribution in [0.15, 0.2) is 36.4 Å². The van der Waals surface area contributed by atoms with Crippen molar-refractivity contribution in [3.8, 4) is 11.5 Å². The molecule has 0 aliphatic carbocycles. The van der Waals surface area contributed by atoms with Gasteiger partial charge in [0, 0.05) is 18.2 Å². The number of nitrogens with one attached hydrogen (secondary N) is 1. The highest BCUT2D eigenvalue weighted by Gasteiger charge is 2.18. The Morgan fingerprint density at radius 2 is 2.10 bits per heavy atom. The van der Waals surface area contributed by atoms with Crippen LogP contribution in [0.25, 0.3) is 0 Å². The van der Waals surface area contributed by atoms with Gasteiger partial charge in [0.15, 0.2) is 11.5 Å².